The van der Waals surface area contributed by atoms with E-state index in [2.05, 4.69) is 35.9 Å². The van der Waals surface area contributed by atoms with Crippen molar-refractivity contribution in [1.29, 1.82) is 0 Å². The van der Waals surface area contributed by atoms with Crippen molar-refractivity contribution in [1.82, 2.24) is 19.9 Å². The van der Waals surface area contributed by atoms with Crippen LogP contribution < -0.4 is 15.4 Å². The lowest BCUT2D eigenvalue weighted by molar-refractivity contribution is 0.146. The molecule has 0 amide bonds. The minimum absolute atomic E-state index is 0.171. The van der Waals surface area contributed by atoms with Gasteiger partial charge < -0.3 is 9.80 Å². The van der Waals surface area contributed by atoms with Crippen LogP contribution in [-0.2, 0) is 0 Å². The highest BCUT2D eigenvalue weighted by Crippen LogP contribution is 2.19. The molecule has 1 fully saturated rings. The van der Waals surface area contributed by atoms with Gasteiger partial charge in [-0.15, -0.1) is 0 Å². The second-order valence-electron chi connectivity index (χ2n) is 4.97. The van der Waals surface area contributed by atoms with Gasteiger partial charge in [-0.1, -0.05) is 0 Å². The molecule has 0 aliphatic carbocycles. The maximum Gasteiger partial charge on any atom is 0.280 e. The zero-order valence-electron chi connectivity index (χ0n) is 11.9. The van der Waals surface area contributed by atoms with Crippen LogP contribution in [0.2, 0.25) is 0 Å². The Kier molecular flexibility index (Phi) is 4.51. The Bertz CT molecular complexity index is 730. The molecule has 0 unspecified atom stereocenters. The van der Waals surface area contributed by atoms with Gasteiger partial charge in [0.1, 0.15) is 5.69 Å². The van der Waals surface area contributed by atoms with Gasteiger partial charge in [0.05, 0.1) is 4.47 Å². The first kappa shape index (κ1) is 15.8. The molecule has 10 heteroatoms. The number of halogens is 3. The van der Waals surface area contributed by atoms with Crippen LogP contribution in [0.4, 0.5) is 20.7 Å². The molecule has 1 N–H and O–H groups in total. The van der Waals surface area contributed by atoms with Gasteiger partial charge in [0.15, 0.2) is 0 Å². The smallest absolute Gasteiger partial charge is 0.280 e. The molecule has 0 aromatic carbocycles. The predicted octanol–water partition coefficient (Wildman–Crippen LogP) is 1.59. The van der Waals surface area contributed by atoms with E-state index >= 15 is 0 Å². The minimum atomic E-state index is -2.77. The number of aromatic nitrogens is 4. The summed E-state index contributed by atoms with van der Waals surface area (Å²) in [4.78, 5) is 30.0. The van der Waals surface area contributed by atoms with Gasteiger partial charge in [-0.2, -0.15) is 0 Å². The van der Waals surface area contributed by atoms with E-state index in [1.54, 1.807) is 17.3 Å². The highest BCUT2D eigenvalue weighted by atomic mass is 79.9. The molecule has 2 aromatic heterocycles. The van der Waals surface area contributed by atoms with Crippen LogP contribution in [0, 0.1) is 0 Å². The number of alkyl halides is 2. The topological polar surface area (TPSA) is 78.0 Å². The monoisotopic (exact) mass is 386 g/mol. The zero-order valence-corrected chi connectivity index (χ0v) is 13.5. The van der Waals surface area contributed by atoms with Crippen LogP contribution in [0.5, 0.6) is 0 Å². The number of nitrogens with zero attached hydrogens (tertiary/aromatic N) is 5. The summed E-state index contributed by atoms with van der Waals surface area (Å²) in [6.07, 6.45) is 0.563. The molecule has 3 rings (SSSR count). The van der Waals surface area contributed by atoms with Crippen molar-refractivity contribution < 1.29 is 8.78 Å². The maximum atomic E-state index is 12.7. The van der Waals surface area contributed by atoms with E-state index in [0.29, 0.717) is 32.1 Å². The lowest BCUT2D eigenvalue weighted by Gasteiger charge is -2.34. The molecular formula is C13H13BrF2N6O. The third-order valence-electron chi connectivity index (χ3n) is 3.44. The molecule has 0 atom stereocenters. The van der Waals surface area contributed by atoms with Crippen LogP contribution in [0.3, 0.4) is 0 Å². The molecule has 122 valence electrons. The summed E-state index contributed by atoms with van der Waals surface area (Å²) < 4.78 is 26.3. The zero-order chi connectivity index (χ0) is 16.4. The van der Waals surface area contributed by atoms with E-state index in [1.807, 2.05) is 4.90 Å². The molecule has 2 aromatic rings. The molecule has 0 radical (unpaired) electrons. The lowest BCUT2D eigenvalue weighted by Crippen LogP contribution is -2.48. The van der Waals surface area contributed by atoms with Crippen molar-refractivity contribution in [3.05, 3.63) is 39.0 Å². The highest BCUT2D eigenvalue weighted by Gasteiger charge is 2.22. The quantitative estimate of drug-likeness (QED) is 0.862. The van der Waals surface area contributed by atoms with E-state index in [0.717, 1.165) is 10.5 Å². The number of piperazine rings is 1. The fraction of sp³-hybridized carbons (Fsp3) is 0.385. The first-order valence-corrected chi connectivity index (χ1v) is 7.69. The van der Waals surface area contributed by atoms with Gasteiger partial charge in [0.2, 0.25) is 11.9 Å². The van der Waals surface area contributed by atoms with Gasteiger partial charge >= 0.3 is 0 Å². The largest absolute Gasteiger partial charge is 0.339 e. The number of H-pyrrole nitrogens is 1. The third kappa shape index (κ3) is 3.63. The molecule has 23 heavy (non-hydrogen) atoms. The first-order valence-electron chi connectivity index (χ1n) is 6.90. The van der Waals surface area contributed by atoms with Crippen molar-refractivity contribution in [3.63, 3.8) is 0 Å². The summed E-state index contributed by atoms with van der Waals surface area (Å²) in [7, 11) is 0. The molecule has 0 saturated carbocycles. The van der Waals surface area contributed by atoms with E-state index in [1.165, 1.54) is 0 Å². The number of aromatic amines is 1. The van der Waals surface area contributed by atoms with Crippen molar-refractivity contribution in [2.24, 2.45) is 0 Å². The molecule has 1 aliphatic rings. The van der Waals surface area contributed by atoms with Crippen LogP contribution in [0.15, 0.2) is 27.7 Å². The van der Waals surface area contributed by atoms with E-state index in [9.17, 15) is 13.6 Å². The molecule has 0 bridgehead atoms. The number of anilines is 2. The Hall–Kier alpha value is -2.10. The van der Waals surface area contributed by atoms with Crippen LogP contribution >= 0.6 is 15.9 Å². The van der Waals surface area contributed by atoms with Crippen molar-refractivity contribution in [2.75, 3.05) is 36.0 Å². The minimum Gasteiger partial charge on any atom is -0.339 e. The summed E-state index contributed by atoms with van der Waals surface area (Å²) in [5.41, 5.74) is -1.09. The van der Waals surface area contributed by atoms with Crippen molar-refractivity contribution >= 4 is 27.8 Å². The van der Waals surface area contributed by atoms with Crippen LogP contribution in [0.25, 0.3) is 0 Å². The Labute approximate surface area is 138 Å². The summed E-state index contributed by atoms with van der Waals surface area (Å²) in [5, 5.41) is 0. The van der Waals surface area contributed by atoms with Crippen molar-refractivity contribution in [2.45, 2.75) is 6.43 Å². The average molecular weight is 387 g/mol. The summed E-state index contributed by atoms with van der Waals surface area (Å²) >= 11 is 3.28. The standard InChI is InChI=1S/C13H13BrF2N6O/c14-8-6-17-12(18-7-8)21-1-3-22(4-2-21)13-19-9(11(15)16)5-10(23)20-13/h5-7,11H,1-4H2,(H,19,20,23). The Morgan fingerprint density at radius 2 is 1.74 bits per heavy atom. The Balaban J connectivity index is 1.71. The Morgan fingerprint density at radius 3 is 2.35 bits per heavy atom. The summed E-state index contributed by atoms with van der Waals surface area (Å²) in [6, 6.07) is 0.820. The second-order valence-corrected chi connectivity index (χ2v) is 5.89. The third-order valence-corrected chi connectivity index (χ3v) is 3.85. The molecule has 3 heterocycles. The fourth-order valence-corrected chi connectivity index (χ4v) is 2.52. The number of nitrogens with one attached hydrogen (secondary N) is 1. The molecule has 7 nitrogen and oxygen atoms in total. The van der Waals surface area contributed by atoms with Gasteiger partial charge in [-0.05, 0) is 15.9 Å². The van der Waals surface area contributed by atoms with Crippen molar-refractivity contribution in [3.8, 4) is 0 Å². The summed E-state index contributed by atoms with van der Waals surface area (Å²) in [5.74, 6) is 0.778. The van der Waals surface area contributed by atoms with E-state index < -0.39 is 17.7 Å². The van der Waals surface area contributed by atoms with E-state index in [-0.39, 0.29) is 5.95 Å². The maximum absolute atomic E-state index is 12.7. The molecule has 0 spiro atoms. The van der Waals surface area contributed by atoms with Gasteiger partial charge in [-0.3, -0.25) is 9.78 Å². The normalized spacial score (nSPS) is 15.3. The molecule has 1 saturated heterocycles. The highest BCUT2D eigenvalue weighted by molar-refractivity contribution is 9.10. The van der Waals surface area contributed by atoms with Gasteiger partial charge in [-0.25, -0.2) is 23.7 Å². The molecular weight excluding hydrogens is 374 g/mol. The SMILES string of the molecule is O=c1cc(C(F)F)nc(N2CCN(c3ncc(Br)cn3)CC2)[nH]1. The average Bonchev–Trinajstić information content (AvgIpc) is 2.55. The van der Waals surface area contributed by atoms with Crippen LogP contribution in [-0.4, -0.2) is 46.1 Å². The summed E-state index contributed by atoms with van der Waals surface area (Å²) in [6.45, 7) is 2.25. The number of rotatable bonds is 3. The fourth-order valence-electron chi connectivity index (χ4n) is 2.31. The number of hydrogen-bond acceptors (Lipinski definition) is 6. The second kappa shape index (κ2) is 6.57. The Morgan fingerprint density at radius 1 is 1.13 bits per heavy atom. The van der Waals surface area contributed by atoms with Gasteiger partial charge in [0, 0.05) is 44.6 Å². The molecule has 1 aliphatic heterocycles. The first-order chi connectivity index (χ1) is 11.0. The number of hydrogen-bond donors (Lipinski definition) is 1. The van der Waals surface area contributed by atoms with E-state index in [4.69, 9.17) is 0 Å². The van der Waals surface area contributed by atoms with Crippen LogP contribution in [0.1, 0.15) is 12.1 Å². The lowest BCUT2D eigenvalue weighted by atomic mass is 10.3. The predicted molar refractivity (Wildman–Crippen MR) is 84.0 cm³/mol. The van der Waals surface area contributed by atoms with Gasteiger partial charge in [0.25, 0.3) is 12.0 Å².